The predicted octanol–water partition coefficient (Wildman–Crippen LogP) is 3.67. The molecule has 6 aromatic rings. The zero-order chi connectivity index (χ0) is 75.1. The van der Waals surface area contributed by atoms with Crippen LogP contribution in [0.15, 0.2) is 97.1 Å². The van der Waals surface area contributed by atoms with E-state index in [1.54, 1.807) is 0 Å². The number of rotatable bonds is 24. The molecule has 0 saturated heterocycles. The van der Waals surface area contributed by atoms with Gasteiger partial charge in [0, 0.05) is 68.8 Å². The Hall–Kier alpha value is -12.4. The molecule has 8 atom stereocenters. The van der Waals surface area contributed by atoms with E-state index in [4.69, 9.17) is 30.4 Å². The molecule has 16 N–H and O–H groups in total. The molecule has 0 aromatic heterocycles. The van der Waals surface area contributed by atoms with Crippen molar-refractivity contribution < 1.29 is 131 Å². The van der Waals surface area contributed by atoms with E-state index in [0.717, 1.165) is 86.6 Å². The Morgan fingerprint density at radius 1 is 0.441 bits per heavy atom. The molecule has 4 aliphatic rings. The Balaban J connectivity index is 1.35. The Labute approximate surface area is 573 Å². The van der Waals surface area contributed by atoms with Gasteiger partial charge >= 0.3 is 35.8 Å². The summed E-state index contributed by atoms with van der Waals surface area (Å²) in [6, 6.07) is -0.132. The number of phenolic OH excluding ortho intramolecular Hbond substituents is 4. The fourth-order valence-corrected chi connectivity index (χ4v) is 12.6. The maximum Gasteiger partial charge on any atom is 0.340 e. The fraction of sp³-hybridized carbons (Fsp3) is 0.290. The third-order valence-electron chi connectivity index (χ3n) is 17.9. The third-order valence-corrected chi connectivity index (χ3v) is 17.9. The molecule has 2 unspecified atom stereocenters. The number of amides is 4. The Kier molecular flexibility index (Phi) is 18.7. The summed E-state index contributed by atoms with van der Waals surface area (Å²) < 4.78 is 66.8. The number of phenols is 4. The summed E-state index contributed by atoms with van der Waals surface area (Å²) in [6.07, 6.45) is -3.87. The minimum atomic E-state index is -5.63. The number of Topliss-reactive ketones (excluding diaryl/α,β-unsaturated/α-hetero) is 3. The van der Waals surface area contributed by atoms with Crippen LogP contribution in [-0.4, -0.2) is 154 Å². The van der Waals surface area contributed by atoms with Crippen molar-refractivity contribution in [1.29, 1.82) is 0 Å². The summed E-state index contributed by atoms with van der Waals surface area (Å²) >= 11 is 0. The molecule has 0 aliphatic carbocycles. The molecule has 10 rings (SSSR count). The smallest absolute Gasteiger partial charge is 0.340 e. The van der Waals surface area contributed by atoms with Crippen LogP contribution in [0.4, 0.5) is 8.78 Å². The summed E-state index contributed by atoms with van der Waals surface area (Å²) in [4.78, 5) is 190. The van der Waals surface area contributed by atoms with E-state index >= 15 is 32.8 Å². The topological polar surface area (TPSA) is 521 Å². The lowest BCUT2D eigenvalue weighted by Crippen LogP contribution is -2.63. The van der Waals surface area contributed by atoms with Gasteiger partial charge in [-0.3, -0.25) is 43.2 Å². The highest BCUT2D eigenvalue weighted by molar-refractivity contribution is 6.27. The van der Waals surface area contributed by atoms with Crippen LogP contribution >= 0.6 is 0 Å². The summed E-state index contributed by atoms with van der Waals surface area (Å²) in [6.45, 7) is 7.81. The second-order valence-corrected chi connectivity index (χ2v) is 25.3. The number of nitrogens with two attached hydrogens (primary N) is 2. The second kappa shape index (κ2) is 26.4. The van der Waals surface area contributed by atoms with Crippen molar-refractivity contribution in [1.82, 2.24) is 21.3 Å². The Morgan fingerprint density at radius 2 is 0.735 bits per heavy atom. The van der Waals surface area contributed by atoms with Crippen molar-refractivity contribution >= 4 is 76.8 Å². The molecule has 6 aromatic carbocycles. The van der Waals surface area contributed by atoms with Gasteiger partial charge in [0.15, 0.2) is 11.2 Å². The van der Waals surface area contributed by atoms with Crippen molar-refractivity contribution in [3.8, 4) is 46.0 Å². The maximum absolute atomic E-state index is 21.3. The van der Waals surface area contributed by atoms with Crippen LogP contribution in [0.2, 0.25) is 0 Å². The van der Waals surface area contributed by atoms with Gasteiger partial charge in [-0.25, -0.2) is 28.0 Å². The lowest BCUT2D eigenvalue weighted by Gasteiger charge is -2.38. The molecule has 4 amide bonds. The third kappa shape index (κ3) is 12.0. The molecule has 4 heterocycles. The molecular formula is C69H62F2N6O25. The molecule has 33 heteroatoms. The first-order valence-electron chi connectivity index (χ1n) is 30.9. The van der Waals surface area contributed by atoms with Crippen molar-refractivity contribution in [2.45, 2.75) is 113 Å². The van der Waals surface area contributed by atoms with Gasteiger partial charge in [-0.2, -0.15) is 0 Å². The van der Waals surface area contributed by atoms with Gasteiger partial charge in [0.05, 0.1) is 47.2 Å². The minimum Gasteiger partial charge on any atom is -0.508 e. The van der Waals surface area contributed by atoms with Crippen LogP contribution in [0.1, 0.15) is 140 Å². The van der Waals surface area contributed by atoms with Crippen LogP contribution in [0, 0.1) is 11.8 Å². The SMILES string of the molecule is CC(C)[C@H](N)C(=O)N[C@@H](C)C(=O)N[C@@H](CC(=O)O)C(=O)C(F)(C(=O)C(F)(C(=O)[C@H](CC(=O)O)NC(=O)[C@H](C)NC(=O)[C@@H](N)C(C)C)c1cc(C(=O)O)cc2c1C(=O)OC21c2ccc(O)cc2Oc2cc(O)ccc21)c1cc(C(=O)O)cc2c1C(=O)OC21c2ccc(O)cc2Oc2cc(O)ccc21. The summed E-state index contributed by atoms with van der Waals surface area (Å²) in [5, 5.41) is 94.4. The van der Waals surface area contributed by atoms with Crippen molar-refractivity contribution in [2.24, 2.45) is 23.3 Å². The Morgan fingerprint density at radius 3 is 1.00 bits per heavy atom. The quantitative estimate of drug-likeness (QED) is 0.0303. The van der Waals surface area contributed by atoms with Crippen molar-refractivity contribution in [2.75, 3.05) is 0 Å². The number of aromatic carboxylic acids is 2. The van der Waals surface area contributed by atoms with Gasteiger partial charge in [0.25, 0.3) is 11.3 Å². The number of carbonyl (C=O) groups is 13. The van der Waals surface area contributed by atoms with E-state index in [2.05, 4.69) is 10.6 Å². The number of aliphatic carboxylic acids is 2. The maximum atomic E-state index is 21.3. The van der Waals surface area contributed by atoms with Gasteiger partial charge in [-0.1, -0.05) is 27.7 Å². The van der Waals surface area contributed by atoms with Crippen molar-refractivity contribution in [3.05, 3.63) is 164 Å². The molecule has 0 bridgehead atoms. The monoisotopic (exact) mass is 1410 g/mol. The Bertz CT molecular complexity index is 4320. The first-order valence-corrected chi connectivity index (χ1v) is 30.9. The van der Waals surface area contributed by atoms with Gasteiger partial charge in [0.1, 0.15) is 70.2 Å². The number of ether oxygens (including phenoxy) is 4. The van der Waals surface area contributed by atoms with Crippen LogP contribution in [0.25, 0.3) is 0 Å². The van der Waals surface area contributed by atoms with Crippen LogP contribution < -0.4 is 42.2 Å². The van der Waals surface area contributed by atoms with E-state index in [9.17, 15) is 79.2 Å². The number of carboxylic acids is 4. The molecule has 102 heavy (non-hydrogen) atoms. The van der Waals surface area contributed by atoms with Crippen LogP contribution in [0.5, 0.6) is 46.0 Å². The number of hydrogen-bond donors (Lipinski definition) is 14. The van der Waals surface area contributed by atoms with E-state index < -0.39 is 273 Å². The van der Waals surface area contributed by atoms with Crippen molar-refractivity contribution in [3.63, 3.8) is 0 Å². The number of alkyl halides is 2. The first-order chi connectivity index (χ1) is 47.7. The number of benzene rings is 6. The first kappa shape index (κ1) is 72.4. The van der Waals surface area contributed by atoms with E-state index in [1.807, 2.05) is 10.6 Å². The summed E-state index contributed by atoms with van der Waals surface area (Å²) in [5.41, 5.74) is -18.1. The highest BCUT2D eigenvalue weighted by Gasteiger charge is 2.69. The highest BCUT2D eigenvalue weighted by Crippen LogP contribution is 2.62. The lowest BCUT2D eigenvalue weighted by molar-refractivity contribution is -0.161. The molecule has 0 saturated carbocycles. The molecule has 4 aliphatic heterocycles. The van der Waals surface area contributed by atoms with Crippen LogP contribution in [0.3, 0.4) is 0 Å². The highest BCUT2D eigenvalue weighted by atomic mass is 19.2. The molecule has 2 spiro atoms. The fourth-order valence-electron chi connectivity index (χ4n) is 12.6. The normalized spacial score (nSPS) is 16.8. The van der Waals surface area contributed by atoms with Gasteiger partial charge in [0.2, 0.25) is 41.0 Å². The molecule has 0 fully saturated rings. The van der Waals surface area contributed by atoms with E-state index in [1.165, 1.54) is 27.7 Å². The summed E-state index contributed by atoms with van der Waals surface area (Å²) in [7, 11) is 0. The molecule has 31 nitrogen and oxygen atoms in total. The van der Waals surface area contributed by atoms with E-state index in [-0.39, 0.29) is 12.1 Å². The minimum absolute atomic E-state index is 0.0253. The zero-order valence-electron chi connectivity index (χ0n) is 54.2. The standard InChI is InChI=1S/C69H62F2N6O25/c1-25(2)53(72)59(90)74-27(5)57(88)76-43(23-49(82)83)55(86)66(70,39-15-29(61(92)93)17-41-51(39)63(96)101-68(41)35-11-7-31(78)19-45(35)99-46-20-32(79)8-12-36(46)68)65(98)67(71,56(87)44(24-50(84)85)77-58(89)28(6)75-60(91)54(73)26(3)4)40-16-30(62(94)95)18-42-52(40)64(97)102-69(42)37-13-9-33(80)21-47(37)100-48-22-34(81)10-14-38(48)69/h7-22,25-28,43-44,53-54,78-81H,23-24,72-73H2,1-6H3,(H,74,90)(H,75,91)(H,76,88)(H,77,89)(H,82,83)(H,84,85)(H,92,93)(H,94,95)/t27-,28-,43-,44-,53-,54-,66?,67?/m0/s1. The van der Waals surface area contributed by atoms with Crippen LogP contribution in [-0.2, 0) is 75.2 Å². The number of halogens is 2. The second-order valence-electron chi connectivity index (χ2n) is 25.3. The number of fused-ring (bicyclic) bond motifs is 12. The number of hydrogen-bond acceptors (Lipinski definition) is 23. The number of aromatic hydroxyl groups is 4. The van der Waals surface area contributed by atoms with Gasteiger partial charge < -0.3 is 92.5 Å². The summed E-state index contributed by atoms with van der Waals surface area (Å²) in [5.74, 6) is -32.4. The molecule has 0 radical (unpaired) electrons. The molecular weight excluding hydrogens is 1350 g/mol. The van der Waals surface area contributed by atoms with Gasteiger partial charge in [-0.05, 0) is 98.5 Å². The van der Waals surface area contributed by atoms with Gasteiger partial charge in [-0.15, -0.1) is 0 Å². The molecule has 532 valence electrons. The number of ketones is 3. The number of nitrogens with one attached hydrogen (secondary N) is 4. The predicted molar refractivity (Wildman–Crippen MR) is 340 cm³/mol. The average molecular weight is 1410 g/mol. The number of esters is 2. The van der Waals surface area contributed by atoms with E-state index in [0.29, 0.717) is 12.1 Å². The zero-order valence-corrected chi connectivity index (χ0v) is 54.2. The number of carboxylic acid groups (broad SMARTS) is 4. The largest absolute Gasteiger partial charge is 0.508 e. The average Bonchev–Trinajstić information content (AvgIpc) is 1.45. The number of carbonyl (C=O) groups excluding carboxylic acids is 9. The lowest BCUT2D eigenvalue weighted by atomic mass is 9.67.